The molecule has 0 aliphatic carbocycles. The van der Waals surface area contributed by atoms with Crippen LogP contribution in [-0.4, -0.2) is 11.8 Å². The summed E-state index contributed by atoms with van der Waals surface area (Å²) >= 11 is 0. The minimum atomic E-state index is -0.804. The van der Waals surface area contributed by atoms with Crippen molar-refractivity contribution in [3.05, 3.63) is 41.7 Å². The van der Waals surface area contributed by atoms with Crippen molar-refractivity contribution in [2.75, 3.05) is 0 Å². The number of benzene rings is 1. The Kier molecular flexibility index (Phi) is 1.93. The van der Waals surface area contributed by atoms with Crippen LogP contribution in [0.1, 0.15) is 11.1 Å². The van der Waals surface area contributed by atoms with E-state index >= 15 is 0 Å². The lowest BCUT2D eigenvalue weighted by Crippen LogP contribution is -2.09. The number of Topliss-reactive ketones (excluding diaryl/α,β-unsaturated/α-hetero) is 1. The van der Waals surface area contributed by atoms with Gasteiger partial charge in [0, 0.05) is 0 Å². The van der Waals surface area contributed by atoms with E-state index in [2.05, 4.69) is 4.74 Å². The molecule has 1 aliphatic heterocycles. The fraction of sp³-hybridized carbons (Fsp3) is 0.0909. The largest absolute Gasteiger partial charge is 0.428 e. The Morgan fingerprint density at radius 3 is 2.57 bits per heavy atom. The number of ether oxygens (including phenoxy) is 1. The molecule has 0 saturated carbocycles. The highest BCUT2D eigenvalue weighted by Gasteiger charge is 2.27. The van der Waals surface area contributed by atoms with Crippen molar-refractivity contribution >= 4 is 17.3 Å². The average molecular weight is 188 g/mol. The van der Waals surface area contributed by atoms with Gasteiger partial charge >= 0.3 is 5.97 Å². The molecule has 0 amide bonds. The zero-order chi connectivity index (χ0) is 10.1. The maximum atomic E-state index is 11.3. The van der Waals surface area contributed by atoms with E-state index in [0.29, 0.717) is 5.57 Å². The van der Waals surface area contributed by atoms with Gasteiger partial charge in [-0.05, 0) is 12.5 Å². The van der Waals surface area contributed by atoms with Gasteiger partial charge in [0.2, 0.25) is 0 Å². The molecule has 1 heterocycles. The van der Waals surface area contributed by atoms with Crippen molar-refractivity contribution in [1.29, 1.82) is 0 Å². The van der Waals surface area contributed by atoms with Crippen LogP contribution in [0.5, 0.6) is 0 Å². The van der Waals surface area contributed by atoms with Crippen LogP contribution in [0.25, 0.3) is 5.57 Å². The summed E-state index contributed by atoms with van der Waals surface area (Å²) in [6.07, 6.45) is 1.21. The van der Waals surface area contributed by atoms with Gasteiger partial charge in [-0.1, -0.05) is 29.8 Å². The molecule has 0 fully saturated rings. The Labute approximate surface area is 81.0 Å². The van der Waals surface area contributed by atoms with Gasteiger partial charge in [0.25, 0.3) is 5.78 Å². The van der Waals surface area contributed by atoms with E-state index in [0.717, 1.165) is 11.1 Å². The molecule has 0 spiro atoms. The van der Waals surface area contributed by atoms with Gasteiger partial charge in [0.05, 0.1) is 5.57 Å². The quantitative estimate of drug-likeness (QED) is 0.495. The smallest absolute Gasteiger partial charge is 0.384 e. The summed E-state index contributed by atoms with van der Waals surface area (Å²) in [5.41, 5.74) is 2.09. The lowest BCUT2D eigenvalue weighted by molar-refractivity contribution is -0.145. The predicted molar refractivity (Wildman–Crippen MR) is 50.3 cm³/mol. The van der Waals surface area contributed by atoms with Gasteiger partial charge in [-0.2, -0.15) is 0 Å². The van der Waals surface area contributed by atoms with E-state index in [1.54, 1.807) is 6.07 Å². The molecular formula is C11H8O3. The molecule has 0 unspecified atom stereocenters. The molecule has 0 aromatic heterocycles. The molecule has 14 heavy (non-hydrogen) atoms. The highest BCUT2D eigenvalue weighted by Crippen LogP contribution is 2.21. The minimum absolute atomic E-state index is 0.332. The van der Waals surface area contributed by atoms with Gasteiger partial charge < -0.3 is 4.74 Å². The van der Waals surface area contributed by atoms with Gasteiger partial charge in [-0.15, -0.1) is 0 Å². The second-order valence-electron chi connectivity index (χ2n) is 3.14. The zero-order valence-corrected chi connectivity index (χ0v) is 7.61. The Morgan fingerprint density at radius 1 is 1.21 bits per heavy atom. The maximum absolute atomic E-state index is 11.3. The van der Waals surface area contributed by atoms with Gasteiger partial charge in [-0.25, -0.2) is 4.79 Å². The van der Waals surface area contributed by atoms with Crippen molar-refractivity contribution in [3.63, 3.8) is 0 Å². The Bertz CT molecular complexity index is 444. The molecule has 3 nitrogen and oxygen atoms in total. The van der Waals surface area contributed by atoms with Gasteiger partial charge in [-0.3, -0.25) is 4.79 Å². The van der Waals surface area contributed by atoms with Gasteiger partial charge in [0.1, 0.15) is 6.26 Å². The molecule has 1 aromatic carbocycles. The molecule has 0 N–H and O–H groups in total. The van der Waals surface area contributed by atoms with E-state index < -0.39 is 11.8 Å². The summed E-state index contributed by atoms with van der Waals surface area (Å²) in [6.45, 7) is 1.92. The fourth-order valence-electron chi connectivity index (χ4n) is 1.34. The minimum Gasteiger partial charge on any atom is -0.428 e. The van der Waals surface area contributed by atoms with E-state index in [-0.39, 0.29) is 0 Å². The van der Waals surface area contributed by atoms with Crippen LogP contribution < -0.4 is 0 Å². The first-order valence-electron chi connectivity index (χ1n) is 4.21. The number of cyclic esters (lactones) is 1. The lowest BCUT2D eigenvalue weighted by atomic mass is 10.0. The summed E-state index contributed by atoms with van der Waals surface area (Å²) in [7, 11) is 0. The van der Waals surface area contributed by atoms with Crippen LogP contribution in [-0.2, 0) is 14.3 Å². The number of rotatable bonds is 1. The fourth-order valence-corrected chi connectivity index (χ4v) is 1.34. The molecule has 0 atom stereocenters. The van der Waals surface area contributed by atoms with Crippen molar-refractivity contribution in [2.24, 2.45) is 0 Å². The van der Waals surface area contributed by atoms with Crippen LogP contribution in [0.2, 0.25) is 0 Å². The Hall–Kier alpha value is -1.90. The first kappa shape index (κ1) is 8.69. The first-order valence-corrected chi connectivity index (χ1v) is 4.21. The van der Waals surface area contributed by atoms with E-state index in [4.69, 9.17) is 0 Å². The van der Waals surface area contributed by atoms with Crippen molar-refractivity contribution < 1.29 is 14.3 Å². The summed E-state index contributed by atoms with van der Waals surface area (Å²) in [5, 5.41) is 0. The van der Waals surface area contributed by atoms with Gasteiger partial charge in [0.15, 0.2) is 0 Å². The molecule has 70 valence electrons. The number of carbonyl (C=O) groups excluding carboxylic acids is 2. The maximum Gasteiger partial charge on any atom is 0.384 e. The number of hydrogen-bond acceptors (Lipinski definition) is 3. The highest BCUT2D eigenvalue weighted by molar-refractivity contribution is 6.53. The predicted octanol–water partition coefficient (Wildman–Crippen LogP) is 1.46. The number of ketones is 1. The standard InChI is InChI=1S/C11H8O3/c1-7-3-2-4-8(5-7)9-6-14-11(13)10(9)12/h2-6H,1H3. The second kappa shape index (κ2) is 3.10. The third-order valence-electron chi connectivity index (χ3n) is 2.04. The zero-order valence-electron chi connectivity index (χ0n) is 7.61. The lowest BCUT2D eigenvalue weighted by Gasteiger charge is -1.98. The molecule has 0 radical (unpaired) electrons. The molecule has 0 saturated heterocycles. The van der Waals surface area contributed by atoms with Crippen LogP contribution in [0.3, 0.4) is 0 Å². The molecule has 0 bridgehead atoms. The molecule has 1 aromatic rings. The van der Waals surface area contributed by atoms with Crippen LogP contribution in [0.15, 0.2) is 30.5 Å². The van der Waals surface area contributed by atoms with E-state index in [9.17, 15) is 9.59 Å². The summed E-state index contributed by atoms with van der Waals surface area (Å²) < 4.78 is 4.52. The Morgan fingerprint density at radius 2 is 2.00 bits per heavy atom. The normalized spacial score (nSPS) is 15.4. The highest BCUT2D eigenvalue weighted by atomic mass is 16.5. The SMILES string of the molecule is Cc1cccc(C2=COC(=O)C2=O)c1. The molecule has 1 aliphatic rings. The number of aryl methyl sites for hydroxylation is 1. The Balaban J connectivity index is 2.42. The second-order valence-corrected chi connectivity index (χ2v) is 3.14. The van der Waals surface area contributed by atoms with Crippen LogP contribution in [0.4, 0.5) is 0 Å². The van der Waals surface area contributed by atoms with Crippen molar-refractivity contribution in [3.8, 4) is 0 Å². The number of hydrogen-bond donors (Lipinski definition) is 0. The summed E-state index contributed by atoms with van der Waals surface area (Å²) in [6, 6.07) is 7.37. The van der Waals surface area contributed by atoms with Crippen LogP contribution in [0, 0.1) is 6.92 Å². The molecular weight excluding hydrogens is 180 g/mol. The summed E-state index contributed by atoms with van der Waals surface area (Å²) in [4.78, 5) is 22.1. The van der Waals surface area contributed by atoms with Crippen LogP contribution >= 0.6 is 0 Å². The summed E-state index contributed by atoms with van der Waals surface area (Å²) in [5.74, 6) is -1.38. The van der Waals surface area contributed by atoms with E-state index in [1.165, 1.54) is 6.26 Å². The topological polar surface area (TPSA) is 43.4 Å². The number of esters is 1. The molecule has 2 rings (SSSR count). The number of carbonyl (C=O) groups is 2. The van der Waals surface area contributed by atoms with E-state index in [1.807, 2.05) is 25.1 Å². The molecule has 3 heteroatoms. The van der Waals surface area contributed by atoms with Crippen molar-refractivity contribution in [1.82, 2.24) is 0 Å². The average Bonchev–Trinajstić information content (AvgIpc) is 2.48. The first-order chi connectivity index (χ1) is 6.68. The third kappa shape index (κ3) is 1.33. The van der Waals surface area contributed by atoms with Crippen molar-refractivity contribution in [2.45, 2.75) is 6.92 Å². The third-order valence-corrected chi connectivity index (χ3v) is 2.04. The monoisotopic (exact) mass is 188 g/mol.